The third-order valence-corrected chi connectivity index (χ3v) is 4.42. The lowest BCUT2D eigenvalue weighted by Crippen LogP contribution is -2.40. The molecule has 1 fully saturated rings. The number of nitrogens with zero attached hydrogens (tertiary/aromatic N) is 2. The van der Waals surface area contributed by atoms with Crippen molar-refractivity contribution in [2.45, 2.75) is 32.7 Å². The summed E-state index contributed by atoms with van der Waals surface area (Å²) in [5.74, 6) is 1.64. The maximum Gasteiger partial charge on any atom is 0.191 e. The number of rotatable bonds is 6. The lowest BCUT2D eigenvalue weighted by atomic mass is 10.1. The van der Waals surface area contributed by atoms with Gasteiger partial charge in [0.15, 0.2) is 5.96 Å². The number of morpholine rings is 1. The normalized spacial score (nSPS) is 18.7. The van der Waals surface area contributed by atoms with Crippen LogP contribution in [0.3, 0.4) is 0 Å². The summed E-state index contributed by atoms with van der Waals surface area (Å²) < 4.78 is 10.9. The molecule has 2 heterocycles. The molecule has 1 aliphatic rings. The highest BCUT2D eigenvalue weighted by Crippen LogP contribution is 2.12. The first-order chi connectivity index (χ1) is 12.7. The summed E-state index contributed by atoms with van der Waals surface area (Å²) >= 11 is 0. The fraction of sp³-hybridized carbons (Fsp3) is 0.450. The van der Waals surface area contributed by atoms with Crippen molar-refractivity contribution < 1.29 is 9.15 Å². The molecule has 1 aromatic carbocycles. The summed E-state index contributed by atoms with van der Waals surface area (Å²) in [5.41, 5.74) is 2.57. The Morgan fingerprint density at radius 2 is 2.04 bits per heavy atom. The molecule has 1 aromatic heterocycles. The fourth-order valence-electron chi connectivity index (χ4n) is 3.12. The first-order valence-electron chi connectivity index (χ1n) is 9.11. The highest BCUT2D eigenvalue weighted by atomic mass is 16.5. The first-order valence-corrected chi connectivity index (χ1v) is 9.11. The lowest BCUT2D eigenvalue weighted by Gasteiger charge is -2.31. The van der Waals surface area contributed by atoms with E-state index in [1.165, 1.54) is 11.1 Å². The van der Waals surface area contributed by atoms with Crippen molar-refractivity contribution >= 4 is 5.96 Å². The molecule has 1 atom stereocenters. The van der Waals surface area contributed by atoms with E-state index in [0.29, 0.717) is 12.6 Å². The molecule has 0 aliphatic carbocycles. The lowest BCUT2D eigenvalue weighted by molar-refractivity contribution is -0.0212. The number of hydrogen-bond donors (Lipinski definition) is 2. The Morgan fingerprint density at radius 1 is 1.19 bits per heavy atom. The van der Waals surface area contributed by atoms with Crippen molar-refractivity contribution in [1.82, 2.24) is 15.5 Å². The van der Waals surface area contributed by atoms with Gasteiger partial charge in [-0.3, -0.25) is 9.89 Å². The Hall–Kier alpha value is -2.31. The number of aliphatic imine (C=N–C) groups is 1. The van der Waals surface area contributed by atoms with Gasteiger partial charge in [-0.2, -0.15) is 0 Å². The molecule has 0 saturated carbocycles. The van der Waals surface area contributed by atoms with Gasteiger partial charge in [0.05, 0.1) is 25.5 Å². The summed E-state index contributed by atoms with van der Waals surface area (Å²) in [7, 11) is 1.77. The van der Waals surface area contributed by atoms with E-state index in [2.05, 4.69) is 51.7 Å². The SMILES string of the molecule is CN=C(NCc1cccc(CN2CCOC(C)C2)c1)NCc1ccco1. The molecule has 0 amide bonds. The van der Waals surface area contributed by atoms with Crippen LogP contribution in [0.15, 0.2) is 52.1 Å². The number of nitrogens with one attached hydrogen (secondary N) is 2. The van der Waals surface area contributed by atoms with Crippen molar-refractivity contribution in [1.29, 1.82) is 0 Å². The first kappa shape index (κ1) is 18.5. The van der Waals surface area contributed by atoms with Crippen LogP contribution in [0.25, 0.3) is 0 Å². The van der Waals surface area contributed by atoms with Gasteiger partial charge in [-0.15, -0.1) is 0 Å². The molecule has 6 heteroatoms. The Kier molecular flexibility index (Phi) is 6.68. The van der Waals surface area contributed by atoms with Crippen LogP contribution in [0.5, 0.6) is 0 Å². The van der Waals surface area contributed by atoms with Crippen LogP contribution in [0.1, 0.15) is 23.8 Å². The highest BCUT2D eigenvalue weighted by Gasteiger charge is 2.16. The Balaban J connectivity index is 1.49. The molecule has 1 aliphatic heterocycles. The predicted octanol–water partition coefficient (Wildman–Crippen LogP) is 2.37. The number of benzene rings is 1. The van der Waals surface area contributed by atoms with Crippen molar-refractivity contribution in [3.8, 4) is 0 Å². The topological polar surface area (TPSA) is 62.0 Å². The van der Waals surface area contributed by atoms with E-state index in [9.17, 15) is 0 Å². The van der Waals surface area contributed by atoms with Gasteiger partial charge in [0.1, 0.15) is 5.76 Å². The van der Waals surface area contributed by atoms with Gasteiger partial charge in [0.2, 0.25) is 0 Å². The molecular formula is C20H28N4O2. The van der Waals surface area contributed by atoms with E-state index in [4.69, 9.17) is 9.15 Å². The number of ether oxygens (including phenoxy) is 1. The Bertz CT molecular complexity index is 700. The summed E-state index contributed by atoms with van der Waals surface area (Å²) in [6.45, 7) is 7.25. The van der Waals surface area contributed by atoms with Crippen LogP contribution < -0.4 is 10.6 Å². The van der Waals surface area contributed by atoms with E-state index in [-0.39, 0.29) is 0 Å². The van der Waals surface area contributed by atoms with Gasteiger partial charge in [-0.1, -0.05) is 24.3 Å². The van der Waals surface area contributed by atoms with E-state index in [0.717, 1.165) is 44.5 Å². The minimum Gasteiger partial charge on any atom is -0.467 e. The summed E-state index contributed by atoms with van der Waals surface area (Å²) in [6.07, 6.45) is 1.99. The maximum absolute atomic E-state index is 5.62. The molecule has 3 rings (SSSR count). The third kappa shape index (κ3) is 5.61. The molecule has 6 nitrogen and oxygen atoms in total. The maximum atomic E-state index is 5.62. The van der Waals surface area contributed by atoms with Crippen molar-refractivity contribution in [3.05, 3.63) is 59.5 Å². The van der Waals surface area contributed by atoms with Gasteiger partial charge in [-0.05, 0) is 30.2 Å². The minimum atomic E-state index is 0.317. The number of hydrogen-bond acceptors (Lipinski definition) is 4. The molecule has 1 saturated heterocycles. The van der Waals surface area contributed by atoms with Crippen LogP contribution >= 0.6 is 0 Å². The van der Waals surface area contributed by atoms with E-state index >= 15 is 0 Å². The molecule has 2 N–H and O–H groups in total. The number of guanidine groups is 1. The van der Waals surface area contributed by atoms with Gasteiger partial charge >= 0.3 is 0 Å². The number of furan rings is 1. The zero-order valence-corrected chi connectivity index (χ0v) is 15.6. The highest BCUT2D eigenvalue weighted by molar-refractivity contribution is 5.79. The second kappa shape index (κ2) is 9.40. The largest absolute Gasteiger partial charge is 0.467 e. The second-order valence-electron chi connectivity index (χ2n) is 6.60. The molecule has 140 valence electrons. The average Bonchev–Trinajstić information content (AvgIpc) is 3.16. The molecule has 0 bridgehead atoms. The van der Waals surface area contributed by atoms with Crippen LogP contribution in [0.2, 0.25) is 0 Å². The molecule has 0 radical (unpaired) electrons. The van der Waals surface area contributed by atoms with Crippen LogP contribution in [0, 0.1) is 0 Å². The summed E-state index contributed by atoms with van der Waals surface area (Å²) in [5, 5.41) is 6.60. The standard InChI is InChI=1S/C20H28N4O2/c1-16-14-24(8-10-25-16)15-18-6-3-5-17(11-18)12-22-20(21-2)23-13-19-7-4-9-26-19/h3-7,9,11,16H,8,10,12-15H2,1-2H3,(H2,21,22,23). The molecule has 0 spiro atoms. The van der Waals surface area contributed by atoms with Gasteiger partial charge in [0, 0.05) is 33.2 Å². The molecule has 1 unspecified atom stereocenters. The molecular weight excluding hydrogens is 328 g/mol. The minimum absolute atomic E-state index is 0.317. The zero-order chi connectivity index (χ0) is 18.2. The van der Waals surface area contributed by atoms with Crippen molar-refractivity contribution in [2.24, 2.45) is 4.99 Å². The van der Waals surface area contributed by atoms with Gasteiger partial charge < -0.3 is 19.8 Å². The van der Waals surface area contributed by atoms with E-state index < -0.39 is 0 Å². The van der Waals surface area contributed by atoms with Gasteiger partial charge in [-0.25, -0.2) is 0 Å². The van der Waals surface area contributed by atoms with E-state index in [1.807, 2.05) is 12.1 Å². The Morgan fingerprint density at radius 3 is 2.81 bits per heavy atom. The van der Waals surface area contributed by atoms with Crippen LogP contribution in [-0.2, 0) is 24.4 Å². The van der Waals surface area contributed by atoms with Gasteiger partial charge in [0.25, 0.3) is 0 Å². The average molecular weight is 356 g/mol. The third-order valence-electron chi connectivity index (χ3n) is 4.42. The zero-order valence-electron chi connectivity index (χ0n) is 15.6. The van der Waals surface area contributed by atoms with Crippen molar-refractivity contribution in [3.63, 3.8) is 0 Å². The smallest absolute Gasteiger partial charge is 0.191 e. The quantitative estimate of drug-likeness (QED) is 0.615. The monoisotopic (exact) mass is 356 g/mol. The summed E-state index contributed by atoms with van der Waals surface area (Å²) in [4.78, 5) is 6.71. The fourth-order valence-corrected chi connectivity index (χ4v) is 3.12. The van der Waals surface area contributed by atoms with Crippen molar-refractivity contribution in [2.75, 3.05) is 26.7 Å². The predicted molar refractivity (Wildman–Crippen MR) is 103 cm³/mol. The van der Waals surface area contributed by atoms with Crippen LogP contribution in [0.4, 0.5) is 0 Å². The second-order valence-corrected chi connectivity index (χ2v) is 6.60. The van der Waals surface area contributed by atoms with E-state index in [1.54, 1.807) is 13.3 Å². The summed E-state index contributed by atoms with van der Waals surface area (Å²) in [6, 6.07) is 12.5. The molecule has 2 aromatic rings. The van der Waals surface area contributed by atoms with Crippen LogP contribution in [-0.4, -0.2) is 43.7 Å². The Labute approximate surface area is 155 Å². The molecule has 26 heavy (non-hydrogen) atoms.